The zero-order valence-electron chi connectivity index (χ0n) is 16.1. The minimum absolute atomic E-state index is 0.0110. The lowest BCUT2D eigenvalue weighted by atomic mass is 10.1. The van der Waals surface area contributed by atoms with Gasteiger partial charge in [-0.3, -0.25) is 14.4 Å². The molecule has 28 heavy (non-hydrogen) atoms. The summed E-state index contributed by atoms with van der Waals surface area (Å²) in [4.78, 5) is 40.2. The highest BCUT2D eigenvalue weighted by molar-refractivity contribution is 6.05. The van der Waals surface area contributed by atoms with Gasteiger partial charge in [-0.15, -0.1) is 0 Å². The van der Waals surface area contributed by atoms with Gasteiger partial charge in [0.1, 0.15) is 0 Å². The van der Waals surface area contributed by atoms with Crippen LogP contribution in [-0.4, -0.2) is 60.7 Å². The summed E-state index contributed by atoms with van der Waals surface area (Å²) in [6, 6.07) is 13.6. The molecule has 1 aliphatic rings. The summed E-state index contributed by atoms with van der Waals surface area (Å²) in [5, 5.41) is 5.47. The number of carbonyl (C=O) groups is 3. The Morgan fingerprint density at radius 2 is 1.39 bits per heavy atom. The van der Waals surface area contributed by atoms with E-state index in [0.29, 0.717) is 35.6 Å². The van der Waals surface area contributed by atoms with E-state index in [2.05, 4.69) is 15.5 Å². The summed E-state index contributed by atoms with van der Waals surface area (Å²) in [7, 11) is 2.04. The molecule has 1 fully saturated rings. The topological polar surface area (TPSA) is 81.8 Å². The first kappa shape index (κ1) is 19.6. The molecule has 0 spiro atoms. The quantitative estimate of drug-likeness (QED) is 0.853. The molecule has 2 aromatic rings. The van der Waals surface area contributed by atoms with Crippen molar-refractivity contribution in [1.29, 1.82) is 0 Å². The van der Waals surface area contributed by atoms with Crippen molar-refractivity contribution in [2.24, 2.45) is 0 Å². The van der Waals surface area contributed by atoms with Gasteiger partial charge >= 0.3 is 0 Å². The first-order chi connectivity index (χ1) is 13.4. The highest BCUT2D eigenvalue weighted by atomic mass is 16.2. The Hall–Kier alpha value is -3.19. The van der Waals surface area contributed by atoms with Crippen LogP contribution in [0, 0.1) is 0 Å². The largest absolute Gasteiger partial charge is 0.336 e. The third-order valence-electron chi connectivity index (χ3n) is 4.63. The molecule has 1 aliphatic heterocycles. The van der Waals surface area contributed by atoms with Crippen LogP contribution in [-0.2, 0) is 4.79 Å². The second-order valence-electron chi connectivity index (χ2n) is 6.89. The van der Waals surface area contributed by atoms with E-state index in [4.69, 9.17) is 0 Å². The lowest BCUT2D eigenvalue weighted by Crippen LogP contribution is -2.47. The minimum Gasteiger partial charge on any atom is -0.336 e. The summed E-state index contributed by atoms with van der Waals surface area (Å²) in [6.45, 7) is 4.58. The van der Waals surface area contributed by atoms with Crippen molar-refractivity contribution in [1.82, 2.24) is 9.80 Å². The number of piperazine rings is 1. The van der Waals surface area contributed by atoms with Gasteiger partial charge in [0.15, 0.2) is 0 Å². The van der Waals surface area contributed by atoms with Crippen LogP contribution in [0.1, 0.15) is 27.6 Å². The van der Waals surface area contributed by atoms with Crippen molar-refractivity contribution in [2.45, 2.75) is 6.92 Å². The van der Waals surface area contributed by atoms with Crippen LogP contribution in [0.2, 0.25) is 0 Å². The molecule has 2 aromatic carbocycles. The van der Waals surface area contributed by atoms with Crippen molar-refractivity contribution in [2.75, 3.05) is 43.9 Å². The normalized spacial score (nSPS) is 14.4. The first-order valence-electron chi connectivity index (χ1n) is 9.19. The predicted molar refractivity (Wildman–Crippen MR) is 109 cm³/mol. The SMILES string of the molecule is CC(=O)Nc1cccc(NC(=O)c2ccc(C(=O)N3CCN(C)CC3)cc2)c1. The number of carbonyl (C=O) groups excluding carboxylic acids is 3. The summed E-state index contributed by atoms with van der Waals surface area (Å²) < 4.78 is 0. The molecule has 0 unspecified atom stereocenters. The molecule has 0 aliphatic carbocycles. The molecule has 0 atom stereocenters. The Balaban J connectivity index is 1.64. The Morgan fingerprint density at radius 1 is 0.821 bits per heavy atom. The number of rotatable bonds is 4. The van der Waals surface area contributed by atoms with Crippen molar-refractivity contribution in [3.8, 4) is 0 Å². The molecule has 0 aromatic heterocycles. The van der Waals surface area contributed by atoms with Crippen LogP contribution in [0.3, 0.4) is 0 Å². The Morgan fingerprint density at radius 3 is 2.00 bits per heavy atom. The third kappa shape index (κ3) is 4.95. The van der Waals surface area contributed by atoms with E-state index < -0.39 is 0 Å². The lowest BCUT2D eigenvalue weighted by molar-refractivity contribution is -0.114. The van der Waals surface area contributed by atoms with E-state index >= 15 is 0 Å². The summed E-state index contributed by atoms with van der Waals surface area (Å²) >= 11 is 0. The molecular weight excluding hydrogens is 356 g/mol. The Bertz CT molecular complexity index is 871. The van der Waals surface area contributed by atoms with Gasteiger partial charge in [-0.05, 0) is 49.5 Å². The maximum Gasteiger partial charge on any atom is 0.255 e. The second kappa shape index (κ2) is 8.67. The van der Waals surface area contributed by atoms with E-state index in [-0.39, 0.29) is 17.7 Å². The fraction of sp³-hybridized carbons (Fsp3) is 0.286. The number of likely N-dealkylation sites (N-methyl/N-ethyl adjacent to an activating group) is 1. The zero-order valence-corrected chi connectivity index (χ0v) is 16.1. The molecule has 146 valence electrons. The number of anilines is 2. The van der Waals surface area contributed by atoms with Crippen molar-refractivity contribution >= 4 is 29.1 Å². The van der Waals surface area contributed by atoms with E-state index in [1.165, 1.54) is 6.92 Å². The molecule has 3 rings (SSSR count). The van der Waals surface area contributed by atoms with Gasteiger partial charge in [0.25, 0.3) is 11.8 Å². The van der Waals surface area contributed by atoms with Crippen LogP contribution < -0.4 is 10.6 Å². The molecular formula is C21H24N4O3. The third-order valence-corrected chi connectivity index (χ3v) is 4.63. The number of hydrogen-bond donors (Lipinski definition) is 2. The number of nitrogens with zero attached hydrogens (tertiary/aromatic N) is 2. The molecule has 1 saturated heterocycles. The number of hydrogen-bond acceptors (Lipinski definition) is 4. The predicted octanol–water partition coefficient (Wildman–Crippen LogP) is 2.28. The smallest absolute Gasteiger partial charge is 0.255 e. The van der Waals surface area contributed by atoms with Crippen LogP contribution in [0.15, 0.2) is 48.5 Å². The molecule has 1 heterocycles. The highest BCUT2D eigenvalue weighted by Crippen LogP contribution is 2.17. The number of nitrogens with one attached hydrogen (secondary N) is 2. The van der Waals surface area contributed by atoms with Crippen molar-refractivity contribution in [3.05, 3.63) is 59.7 Å². The Labute approximate surface area is 164 Å². The van der Waals surface area contributed by atoms with Gasteiger partial charge in [-0.2, -0.15) is 0 Å². The molecule has 2 N–H and O–H groups in total. The molecule has 0 radical (unpaired) electrons. The van der Waals surface area contributed by atoms with E-state index in [0.717, 1.165) is 13.1 Å². The average Bonchev–Trinajstić information content (AvgIpc) is 2.68. The van der Waals surface area contributed by atoms with Crippen LogP contribution in [0.4, 0.5) is 11.4 Å². The standard InChI is InChI=1S/C21H24N4O3/c1-15(26)22-18-4-3-5-19(14-18)23-20(27)16-6-8-17(9-7-16)21(28)25-12-10-24(2)11-13-25/h3-9,14H,10-13H2,1-2H3,(H,22,26)(H,23,27). The van der Waals surface area contributed by atoms with Gasteiger partial charge < -0.3 is 20.4 Å². The molecule has 0 saturated carbocycles. The van der Waals surface area contributed by atoms with Crippen molar-refractivity contribution < 1.29 is 14.4 Å². The lowest BCUT2D eigenvalue weighted by Gasteiger charge is -2.32. The molecule has 7 heteroatoms. The van der Waals surface area contributed by atoms with Gasteiger partial charge in [0.05, 0.1) is 0 Å². The molecule has 7 nitrogen and oxygen atoms in total. The van der Waals surface area contributed by atoms with E-state index in [1.54, 1.807) is 48.5 Å². The van der Waals surface area contributed by atoms with Gasteiger partial charge in [0.2, 0.25) is 5.91 Å². The van der Waals surface area contributed by atoms with E-state index in [9.17, 15) is 14.4 Å². The van der Waals surface area contributed by atoms with Gasteiger partial charge in [0, 0.05) is 55.6 Å². The Kier molecular flexibility index (Phi) is 6.06. The zero-order chi connectivity index (χ0) is 20.1. The fourth-order valence-corrected chi connectivity index (χ4v) is 3.04. The van der Waals surface area contributed by atoms with Crippen LogP contribution in [0.5, 0.6) is 0 Å². The van der Waals surface area contributed by atoms with Gasteiger partial charge in [-0.1, -0.05) is 6.07 Å². The maximum atomic E-state index is 12.6. The fourth-order valence-electron chi connectivity index (χ4n) is 3.04. The summed E-state index contributed by atoms with van der Waals surface area (Å²) in [6.07, 6.45) is 0. The molecule has 0 bridgehead atoms. The monoisotopic (exact) mass is 380 g/mol. The van der Waals surface area contributed by atoms with Crippen molar-refractivity contribution in [3.63, 3.8) is 0 Å². The minimum atomic E-state index is -0.279. The first-order valence-corrected chi connectivity index (χ1v) is 9.19. The maximum absolute atomic E-state index is 12.6. The average molecular weight is 380 g/mol. The second-order valence-corrected chi connectivity index (χ2v) is 6.89. The van der Waals surface area contributed by atoms with Crippen LogP contribution >= 0.6 is 0 Å². The van der Waals surface area contributed by atoms with Gasteiger partial charge in [-0.25, -0.2) is 0 Å². The summed E-state index contributed by atoms with van der Waals surface area (Å²) in [5.41, 5.74) is 2.22. The summed E-state index contributed by atoms with van der Waals surface area (Å²) in [5.74, 6) is -0.467. The molecule has 3 amide bonds. The number of benzene rings is 2. The highest BCUT2D eigenvalue weighted by Gasteiger charge is 2.20. The van der Waals surface area contributed by atoms with E-state index in [1.807, 2.05) is 11.9 Å². The number of amides is 3. The van der Waals surface area contributed by atoms with Crippen LogP contribution in [0.25, 0.3) is 0 Å².